The van der Waals surface area contributed by atoms with Crippen molar-refractivity contribution in [2.75, 3.05) is 0 Å². The summed E-state index contributed by atoms with van der Waals surface area (Å²) in [4.78, 5) is 7.81. The molecule has 2 nitrogen and oxygen atoms in total. The zero-order valence-electron chi connectivity index (χ0n) is 10.4. The molecule has 0 atom stereocenters. The van der Waals surface area contributed by atoms with E-state index in [0.29, 0.717) is 5.92 Å². The third-order valence-electron chi connectivity index (χ3n) is 3.40. The number of fused-ring (bicyclic) bond motifs is 3. The van der Waals surface area contributed by atoms with Crippen LogP contribution in [0, 0.1) is 6.92 Å². The van der Waals surface area contributed by atoms with E-state index >= 15 is 0 Å². The second kappa shape index (κ2) is 3.59. The highest BCUT2D eigenvalue weighted by atomic mass is 14.8. The first-order valence-electron chi connectivity index (χ1n) is 6.04. The second-order valence-corrected chi connectivity index (χ2v) is 4.90. The zero-order valence-corrected chi connectivity index (χ0v) is 10.4. The van der Waals surface area contributed by atoms with Crippen LogP contribution in [0.4, 0.5) is 0 Å². The molecule has 0 unspecified atom stereocenters. The minimum Gasteiger partial charge on any atom is -0.353 e. The number of aromatic amines is 1. The quantitative estimate of drug-likeness (QED) is 0.661. The summed E-state index contributed by atoms with van der Waals surface area (Å²) in [6, 6.07) is 8.76. The van der Waals surface area contributed by atoms with Gasteiger partial charge in [0.25, 0.3) is 0 Å². The maximum atomic E-state index is 4.33. The Morgan fingerprint density at radius 3 is 2.71 bits per heavy atom. The number of H-pyrrole nitrogens is 1. The molecule has 3 aromatic rings. The molecule has 2 aromatic heterocycles. The molecule has 1 N–H and O–H groups in total. The summed E-state index contributed by atoms with van der Waals surface area (Å²) in [5.74, 6) is 0.560. The number of benzene rings is 1. The largest absolute Gasteiger partial charge is 0.353 e. The van der Waals surface area contributed by atoms with Gasteiger partial charge >= 0.3 is 0 Å². The van der Waals surface area contributed by atoms with E-state index in [1.54, 1.807) is 0 Å². The molecular weight excluding hydrogens is 208 g/mol. The van der Waals surface area contributed by atoms with Crippen LogP contribution < -0.4 is 0 Å². The Hall–Kier alpha value is -1.83. The number of aromatic nitrogens is 2. The van der Waals surface area contributed by atoms with Crippen LogP contribution in [0.3, 0.4) is 0 Å². The lowest BCUT2D eigenvalue weighted by atomic mass is 10.0. The van der Waals surface area contributed by atoms with Gasteiger partial charge < -0.3 is 4.98 Å². The molecule has 0 bridgehead atoms. The van der Waals surface area contributed by atoms with Crippen LogP contribution in [0.25, 0.3) is 21.8 Å². The van der Waals surface area contributed by atoms with Gasteiger partial charge in [-0.3, -0.25) is 4.98 Å². The molecule has 0 radical (unpaired) electrons. The van der Waals surface area contributed by atoms with Gasteiger partial charge in [0.1, 0.15) is 0 Å². The van der Waals surface area contributed by atoms with Gasteiger partial charge in [0, 0.05) is 22.5 Å². The van der Waals surface area contributed by atoms with Gasteiger partial charge in [-0.25, -0.2) is 0 Å². The summed E-state index contributed by atoms with van der Waals surface area (Å²) in [7, 11) is 0. The van der Waals surface area contributed by atoms with Crippen LogP contribution in [-0.4, -0.2) is 9.97 Å². The van der Waals surface area contributed by atoms with Crippen molar-refractivity contribution in [3.05, 3.63) is 41.7 Å². The monoisotopic (exact) mass is 224 g/mol. The van der Waals surface area contributed by atoms with Crippen molar-refractivity contribution in [1.82, 2.24) is 9.97 Å². The minimum absolute atomic E-state index is 0.560. The highest BCUT2D eigenvalue weighted by molar-refractivity contribution is 6.07. The van der Waals surface area contributed by atoms with Crippen LogP contribution in [0.2, 0.25) is 0 Å². The molecule has 0 saturated carbocycles. The summed E-state index contributed by atoms with van der Waals surface area (Å²) < 4.78 is 0. The number of nitrogens with zero attached hydrogens (tertiary/aromatic N) is 1. The molecule has 0 aliphatic carbocycles. The molecule has 17 heavy (non-hydrogen) atoms. The predicted molar refractivity (Wildman–Crippen MR) is 72.4 cm³/mol. The fourth-order valence-electron chi connectivity index (χ4n) is 2.34. The van der Waals surface area contributed by atoms with Gasteiger partial charge in [0.15, 0.2) is 0 Å². The molecule has 1 aromatic carbocycles. The lowest BCUT2D eigenvalue weighted by Crippen LogP contribution is -1.85. The van der Waals surface area contributed by atoms with Crippen LogP contribution in [0.1, 0.15) is 31.0 Å². The number of hydrogen-bond donors (Lipinski definition) is 1. The van der Waals surface area contributed by atoms with E-state index in [1.807, 2.05) is 13.1 Å². The fourth-order valence-corrected chi connectivity index (χ4v) is 2.34. The van der Waals surface area contributed by atoms with Gasteiger partial charge in [-0.15, -0.1) is 0 Å². The van der Waals surface area contributed by atoms with Gasteiger partial charge in [0.2, 0.25) is 0 Å². The standard InChI is InChI=1S/C15H16N2/c1-9(2)11-4-5-12-13-6-7-16-10(3)15(13)17-14(12)8-11/h4-9,17H,1-3H3. The predicted octanol–water partition coefficient (Wildman–Crippen LogP) is 4.15. The molecule has 0 spiro atoms. The molecular formula is C15H16N2. The summed E-state index contributed by atoms with van der Waals surface area (Å²) >= 11 is 0. The van der Waals surface area contributed by atoms with Crippen LogP contribution in [0.5, 0.6) is 0 Å². The molecule has 0 amide bonds. The van der Waals surface area contributed by atoms with E-state index in [0.717, 1.165) is 11.2 Å². The van der Waals surface area contributed by atoms with Gasteiger partial charge in [-0.1, -0.05) is 26.0 Å². The molecule has 86 valence electrons. The Morgan fingerprint density at radius 2 is 1.94 bits per heavy atom. The summed E-state index contributed by atoms with van der Waals surface area (Å²) in [5, 5.41) is 2.55. The summed E-state index contributed by atoms with van der Waals surface area (Å²) in [6.45, 7) is 6.48. The smallest absolute Gasteiger partial charge is 0.0681 e. The second-order valence-electron chi connectivity index (χ2n) is 4.90. The van der Waals surface area contributed by atoms with Gasteiger partial charge in [-0.05, 0) is 30.5 Å². The number of nitrogens with one attached hydrogen (secondary N) is 1. The van der Waals surface area contributed by atoms with E-state index in [2.05, 4.69) is 48.1 Å². The van der Waals surface area contributed by atoms with E-state index in [1.165, 1.54) is 21.9 Å². The van der Waals surface area contributed by atoms with Crippen molar-refractivity contribution in [1.29, 1.82) is 0 Å². The Morgan fingerprint density at radius 1 is 1.12 bits per heavy atom. The Kier molecular flexibility index (Phi) is 2.18. The van der Waals surface area contributed by atoms with Crippen LogP contribution >= 0.6 is 0 Å². The normalized spacial score (nSPS) is 11.8. The lowest BCUT2D eigenvalue weighted by molar-refractivity contribution is 0.868. The Labute approximate surface area is 101 Å². The van der Waals surface area contributed by atoms with Crippen molar-refractivity contribution >= 4 is 21.8 Å². The number of pyridine rings is 1. The maximum Gasteiger partial charge on any atom is 0.0681 e. The molecule has 2 heterocycles. The van der Waals surface area contributed by atoms with Crippen LogP contribution in [-0.2, 0) is 0 Å². The van der Waals surface area contributed by atoms with Crippen molar-refractivity contribution < 1.29 is 0 Å². The molecule has 3 rings (SSSR count). The Bertz CT molecular complexity index is 693. The molecule has 0 aliphatic heterocycles. The fraction of sp³-hybridized carbons (Fsp3) is 0.267. The number of rotatable bonds is 1. The average Bonchev–Trinajstić information content (AvgIpc) is 2.68. The van der Waals surface area contributed by atoms with E-state index in [4.69, 9.17) is 0 Å². The molecule has 0 saturated heterocycles. The number of hydrogen-bond acceptors (Lipinski definition) is 1. The van der Waals surface area contributed by atoms with Crippen molar-refractivity contribution in [2.45, 2.75) is 26.7 Å². The number of aryl methyl sites for hydroxylation is 1. The summed E-state index contributed by atoms with van der Waals surface area (Å²) in [5.41, 5.74) is 4.80. The first-order valence-corrected chi connectivity index (χ1v) is 6.04. The minimum atomic E-state index is 0.560. The van der Waals surface area contributed by atoms with E-state index in [9.17, 15) is 0 Å². The SMILES string of the molecule is Cc1nccc2c1[nH]c1cc(C(C)C)ccc12. The van der Waals surface area contributed by atoms with Gasteiger partial charge in [-0.2, -0.15) is 0 Å². The maximum absolute atomic E-state index is 4.33. The highest BCUT2D eigenvalue weighted by Crippen LogP contribution is 2.28. The lowest BCUT2D eigenvalue weighted by Gasteiger charge is -2.04. The zero-order chi connectivity index (χ0) is 12.0. The van der Waals surface area contributed by atoms with Crippen molar-refractivity contribution in [3.8, 4) is 0 Å². The van der Waals surface area contributed by atoms with E-state index in [-0.39, 0.29) is 0 Å². The third kappa shape index (κ3) is 1.52. The average molecular weight is 224 g/mol. The van der Waals surface area contributed by atoms with Crippen molar-refractivity contribution in [2.24, 2.45) is 0 Å². The third-order valence-corrected chi connectivity index (χ3v) is 3.40. The molecule has 2 heteroatoms. The van der Waals surface area contributed by atoms with Crippen LogP contribution in [0.15, 0.2) is 30.5 Å². The Balaban J connectivity index is 2.39. The molecule has 0 aliphatic rings. The van der Waals surface area contributed by atoms with E-state index < -0.39 is 0 Å². The van der Waals surface area contributed by atoms with Gasteiger partial charge in [0.05, 0.1) is 11.2 Å². The first kappa shape index (κ1) is 10.3. The topological polar surface area (TPSA) is 28.7 Å². The highest BCUT2D eigenvalue weighted by Gasteiger charge is 2.08. The summed E-state index contributed by atoms with van der Waals surface area (Å²) in [6.07, 6.45) is 1.88. The first-order chi connectivity index (χ1) is 8.16. The van der Waals surface area contributed by atoms with Crippen molar-refractivity contribution in [3.63, 3.8) is 0 Å². The molecule has 0 fully saturated rings.